The predicted octanol–water partition coefficient (Wildman–Crippen LogP) is 3.41. The Morgan fingerprint density at radius 3 is 2.45 bits per heavy atom. The van der Waals surface area contributed by atoms with E-state index < -0.39 is 0 Å². The van der Waals surface area contributed by atoms with Crippen molar-refractivity contribution in [1.29, 1.82) is 0 Å². The SMILES string of the molecule is CCCCCCCC(=O)NNC(=O)c1ccccc1I. The monoisotopic (exact) mass is 388 g/mol. The van der Waals surface area contributed by atoms with Gasteiger partial charge in [-0.25, -0.2) is 0 Å². The quantitative estimate of drug-likeness (QED) is 0.427. The Hall–Kier alpha value is -1.11. The number of rotatable bonds is 7. The summed E-state index contributed by atoms with van der Waals surface area (Å²) in [5.41, 5.74) is 5.47. The van der Waals surface area contributed by atoms with E-state index in [1.54, 1.807) is 12.1 Å². The molecule has 0 atom stereocenters. The number of hydrogen-bond acceptors (Lipinski definition) is 2. The fourth-order valence-corrected chi connectivity index (χ4v) is 2.42. The topological polar surface area (TPSA) is 58.2 Å². The molecule has 0 spiro atoms. The van der Waals surface area contributed by atoms with E-state index in [1.165, 1.54) is 19.3 Å². The molecule has 2 amide bonds. The number of carbonyl (C=O) groups is 2. The van der Waals surface area contributed by atoms with E-state index in [9.17, 15) is 9.59 Å². The summed E-state index contributed by atoms with van der Waals surface area (Å²) in [6.45, 7) is 2.16. The van der Waals surface area contributed by atoms with Crippen molar-refractivity contribution < 1.29 is 9.59 Å². The highest BCUT2D eigenvalue weighted by molar-refractivity contribution is 14.1. The lowest BCUT2D eigenvalue weighted by Gasteiger charge is -2.08. The molecule has 1 aromatic carbocycles. The Labute approximate surface area is 133 Å². The minimum Gasteiger partial charge on any atom is -0.273 e. The van der Waals surface area contributed by atoms with Crippen LogP contribution < -0.4 is 10.9 Å². The van der Waals surface area contributed by atoms with Crippen LogP contribution in [0.25, 0.3) is 0 Å². The molecule has 2 N–H and O–H groups in total. The summed E-state index contributed by atoms with van der Waals surface area (Å²) in [6.07, 6.45) is 5.95. The fourth-order valence-electron chi connectivity index (χ4n) is 1.79. The lowest BCUT2D eigenvalue weighted by molar-refractivity contribution is -0.122. The summed E-state index contributed by atoms with van der Waals surface area (Å²) in [4.78, 5) is 23.4. The Bertz CT molecular complexity index is 449. The molecule has 0 fully saturated rings. The molecule has 0 aliphatic heterocycles. The minimum atomic E-state index is -0.283. The van der Waals surface area contributed by atoms with Crippen LogP contribution >= 0.6 is 22.6 Å². The number of hydrogen-bond donors (Lipinski definition) is 2. The molecule has 0 aliphatic rings. The highest BCUT2D eigenvalue weighted by atomic mass is 127. The van der Waals surface area contributed by atoms with Crippen LogP contribution in [0.4, 0.5) is 0 Å². The van der Waals surface area contributed by atoms with Crippen LogP contribution in [-0.4, -0.2) is 11.8 Å². The van der Waals surface area contributed by atoms with E-state index in [4.69, 9.17) is 0 Å². The van der Waals surface area contributed by atoms with Crippen LogP contribution in [0.15, 0.2) is 24.3 Å². The van der Waals surface area contributed by atoms with E-state index in [0.717, 1.165) is 16.4 Å². The molecule has 0 aromatic heterocycles. The van der Waals surface area contributed by atoms with Gasteiger partial charge < -0.3 is 0 Å². The molecule has 1 rings (SSSR count). The van der Waals surface area contributed by atoms with Gasteiger partial charge in [0, 0.05) is 9.99 Å². The highest BCUT2D eigenvalue weighted by Gasteiger charge is 2.09. The van der Waals surface area contributed by atoms with E-state index in [-0.39, 0.29) is 11.8 Å². The molecular weight excluding hydrogens is 367 g/mol. The maximum atomic E-state index is 11.9. The van der Waals surface area contributed by atoms with Gasteiger partial charge in [-0.05, 0) is 41.1 Å². The minimum absolute atomic E-state index is 0.138. The zero-order chi connectivity index (χ0) is 14.8. The van der Waals surface area contributed by atoms with Crippen LogP contribution in [0.3, 0.4) is 0 Å². The lowest BCUT2D eigenvalue weighted by atomic mass is 10.1. The van der Waals surface area contributed by atoms with Gasteiger partial charge in [0.05, 0.1) is 5.56 Å². The Morgan fingerprint density at radius 2 is 1.75 bits per heavy atom. The van der Waals surface area contributed by atoms with Crippen molar-refractivity contribution >= 4 is 34.4 Å². The van der Waals surface area contributed by atoms with Gasteiger partial charge in [-0.15, -0.1) is 0 Å². The maximum absolute atomic E-state index is 11.9. The van der Waals surface area contributed by atoms with Gasteiger partial charge >= 0.3 is 0 Å². The van der Waals surface area contributed by atoms with Crippen LogP contribution in [0.2, 0.25) is 0 Å². The van der Waals surface area contributed by atoms with Crippen molar-refractivity contribution in [3.05, 3.63) is 33.4 Å². The summed E-state index contributed by atoms with van der Waals surface area (Å²) in [6, 6.07) is 7.25. The molecule has 0 aliphatic carbocycles. The molecule has 0 saturated carbocycles. The first-order valence-corrected chi connectivity index (χ1v) is 8.06. The van der Waals surface area contributed by atoms with Crippen molar-refractivity contribution in [1.82, 2.24) is 10.9 Å². The first-order valence-electron chi connectivity index (χ1n) is 6.99. The van der Waals surface area contributed by atoms with Crippen molar-refractivity contribution in [3.8, 4) is 0 Å². The second-order valence-electron chi connectivity index (χ2n) is 4.65. The summed E-state index contributed by atoms with van der Waals surface area (Å²) >= 11 is 2.09. The summed E-state index contributed by atoms with van der Waals surface area (Å²) in [7, 11) is 0. The lowest BCUT2D eigenvalue weighted by Crippen LogP contribution is -2.41. The number of carbonyl (C=O) groups excluding carboxylic acids is 2. The molecule has 110 valence electrons. The van der Waals surface area contributed by atoms with Gasteiger partial charge in [0.2, 0.25) is 5.91 Å². The second kappa shape index (κ2) is 9.74. The van der Waals surface area contributed by atoms with Gasteiger partial charge in [0.25, 0.3) is 5.91 Å². The average molecular weight is 388 g/mol. The van der Waals surface area contributed by atoms with E-state index in [2.05, 4.69) is 40.4 Å². The van der Waals surface area contributed by atoms with Gasteiger partial charge in [-0.1, -0.05) is 44.7 Å². The zero-order valence-corrected chi connectivity index (χ0v) is 13.9. The van der Waals surface area contributed by atoms with E-state index in [1.807, 2.05) is 12.1 Å². The predicted molar refractivity (Wildman–Crippen MR) is 88.1 cm³/mol. The van der Waals surface area contributed by atoms with Crippen molar-refractivity contribution in [3.63, 3.8) is 0 Å². The standard InChI is InChI=1S/C15H21IN2O2/c1-2-3-4-5-6-11-14(19)17-18-15(20)12-9-7-8-10-13(12)16/h7-10H,2-6,11H2,1H3,(H,17,19)(H,18,20). The molecular formula is C15H21IN2O2. The molecule has 0 saturated heterocycles. The smallest absolute Gasteiger partial charge is 0.270 e. The third kappa shape index (κ3) is 6.36. The van der Waals surface area contributed by atoms with Crippen LogP contribution in [0.5, 0.6) is 0 Å². The average Bonchev–Trinajstić information content (AvgIpc) is 2.45. The third-order valence-corrected chi connectivity index (χ3v) is 3.88. The summed E-state index contributed by atoms with van der Waals surface area (Å²) < 4.78 is 0.858. The number of hydrazine groups is 1. The van der Waals surface area contributed by atoms with Crippen LogP contribution in [0.1, 0.15) is 55.8 Å². The number of halogens is 1. The molecule has 4 nitrogen and oxygen atoms in total. The third-order valence-electron chi connectivity index (χ3n) is 2.94. The molecule has 0 heterocycles. The second-order valence-corrected chi connectivity index (χ2v) is 5.81. The first kappa shape index (κ1) is 16.9. The summed E-state index contributed by atoms with van der Waals surface area (Å²) in [5.74, 6) is -0.421. The molecule has 20 heavy (non-hydrogen) atoms. The number of unbranched alkanes of at least 4 members (excludes halogenated alkanes) is 4. The molecule has 0 radical (unpaired) electrons. The van der Waals surface area contributed by atoms with Crippen LogP contribution in [-0.2, 0) is 4.79 Å². The van der Waals surface area contributed by atoms with Crippen molar-refractivity contribution in [2.75, 3.05) is 0 Å². The number of nitrogens with one attached hydrogen (secondary N) is 2. The maximum Gasteiger partial charge on any atom is 0.270 e. The number of amides is 2. The Kier molecular flexibility index (Phi) is 8.25. The van der Waals surface area contributed by atoms with Gasteiger partial charge in [0.15, 0.2) is 0 Å². The molecule has 0 unspecified atom stereocenters. The van der Waals surface area contributed by atoms with Crippen molar-refractivity contribution in [2.24, 2.45) is 0 Å². The molecule has 0 bridgehead atoms. The van der Waals surface area contributed by atoms with E-state index >= 15 is 0 Å². The van der Waals surface area contributed by atoms with Gasteiger partial charge in [-0.3, -0.25) is 20.4 Å². The van der Waals surface area contributed by atoms with Crippen molar-refractivity contribution in [2.45, 2.75) is 45.4 Å². The van der Waals surface area contributed by atoms with E-state index in [0.29, 0.717) is 12.0 Å². The highest BCUT2D eigenvalue weighted by Crippen LogP contribution is 2.10. The fraction of sp³-hybridized carbons (Fsp3) is 0.467. The van der Waals surface area contributed by atoms with Gasteiger partial charge in [0.1, 0.15) is 0 Å². The zero-order valence-electron chi connectivity index (χ0n) is 11.7. The Morgan fingerprint density at radius 1 is 1.05 bits per heavy atom. The normalized spacial score (nSPS) is 10.1. The van der Waals surface area contributed by atoms with Crippen LogP contribution in [0, 0.1) is 3.57 Å². The molecule has 5 heteroatoms. The van der Waals surface area contributed by atoms with Gasteiger partial charge in [-0.2, -0.15) is 0 Å². The Balaban J connectivity index is 2.24. The number of benzene rings is 1. The molecule has 1 aromatic rings. The summed E-state index contributed by atoms with van der Waals surface area (Å²) in [5, 5.41) is 0. The first-order chi connectivity index (χ1) is 9.65. The largest absolute Gasteiger partial charge is 0.273 e.